The monoisotopic (exact) mass is 339 g/mol. The molecular formula is C18H24F3N3. The third kappa shape index (κ3) is 3.86. The van der Waals surface area contributed by atoms with Gasteiger partial charge in [0, 0.05) is 24.5 Å². The maximum atomic E-state index is 12.3. The third-order valence-corrected chi connectivity index (χ3v) is 4.45. The molecule has 0 aromatic heterocycles. The van der Waals surface area contributed by atoms with Crippen LogP contribution in [0.5, 0.6) is 0 Å². The van der Waals surface area contributed by atoms with Gasteiger partial charge in [-0.3, -0.25) is 0 Å². The Morgan fingerprint density at radius 2 is 2.04 bits per heavy atom. The average Bonchev–Trinajstić information content (AvgIpc) is 2.89. The lowest BCUT2D eigenvalue weighted by molar-refractivity contribution is -0.123. The van der Waals surface area contributed by atoms with Crippen molar-refractivity contribution in [3.8, 4) is 0 Å². The summed E-state index contributed by atoms with van der Waals surface area (Å²) in [6.45, 7) is 16.1. The summed E-state index contributed by atoms with van der Waals surface area (Å²) >= 11 is 0. The van der Waals surface area contributed by atoms with Crippen molar-refractivity contribution in [1.29, 1.82) is 0 Å². The number of nitrogens with one attached hydrogen (secondary N) is 1. The van der Waals surface area contributed by atoms with E-state index in [1.807, 2.05) is 20.0 Å². The molecule has 1 N–H and O–H groups in total. The molecule has 0 saturated carbocycles. The molecule has 2 bridgehead atoms. The fourth-order valence-electron chi connectivity index (χ4n) is 3.35. The van der Waals surface area contributed by atoms with E-state index >= 15 is 0 Å². The summed E-state index contributed by atoms with van der Waals surface area (Å²) in [5, 5.41) is 2.28. The van der Waals surface area contributed by atoms with Crippen molar-refractivity contribution in [2.24, 2.45) is 0 Å². The summed E-state index contributed by atoms with van der Waals surface area (Å²) < 4.78 is 36.9. The van der Waals surface area contributed by atoms with Crippen LogP contribution in [-0.2, 0) is 0 Å². The number of rotatable bonds is 6. The van der Waals surface area contributed by atoms with Crippen LogP contribution in [-0.4, -0.2) is 41.7 Å². The number of hydrogen-bond donors (Lipinski definition) is 1. The Balaban J connectivity index is 2.16. The zero-order chi connectivity index (χ0) is 18.1. The van der Waals surface area contributed by atoms with Crippen molar-refractivity contribution in [2.45, 2.75) is 32.5 Å². The molecule has 0 radical (unpaired) electrons. The first-order chi connectivity index (χ1) is 11.1. The molecule has 2 aliphatic heterocycles. The van der Waals surface area contributed by atoms with E-state index in [0.29, 0.717) is 11.6 Å². The number of fused-ring (bicyclic) bond motifs is 2. The van der Waals surface area contributed by atoms with Crippen molar-refractivity contribution in [2.75, 3.05) is 19.6 Å². The Hall–Kier alpha value is -2.11. The highest BCUT2D eigenvalue weighted by Crippen LogP contribution is 2.35. The molecule has 24 heavy (non-hydrogen) atoms. The Kier molecular flexibility index (Phi) is 5.16. The summed E-state index contributed by atoms with van der Waals surface area (Å²) in [7, 11) is 0. The topological polar surface area (TPSA) is 18.5 Å². The first-order valence-corrected chi connectivity index (χ1v) is 7.88. The van der Waals surface area contributed by atoms with E-state index in [2.05, 4.69) is 34.9 Å². The van der Waals surface area contributed by atoms with E-state index in [1.54, 1.807) is 6.08 Å². The number of halogens is 3. The highest BCUT2D eigenvalue weighted by molar-refractivity contribution is 5.44. The van der Waals surface area contributed by atoms with Gasteiger partial charge in [0.2, 0.25) is 0 Å². The second-order valence-corrected chi connectivity index (χ2v) is 6.21. The lowest BCUT2D eigenvalue weighted by Crippen LogP contribution is -2.39. The average molecular weight is 339 g/mol. The lowest BCUT2D eigenvalue weighted by Gasteiger charge is -2.37. The molecule has 0 aliphatic carbocycles. The fraction of sp³-hybridized carbons (Fsp3) is 0.444. The zero-order valence-electron chi connectivity index (χ0n) is 14.2. The zero-order valence-corrected chi connectivity index (χ0v) is 14.2. The first-order valence-electron chi connectivity index (χ1n) is 7.88. The van der Waals surface area contributed by atoms with Gasteiger partial charge in [0.25, 0.3) is 0 Å². The first kappa shape index (κ1) is 18.2. The van der Waals surface area contributed by atoms with Crippen LogP contribution in [0.2, 0.25) is 0 Å². The van der Waals surface area contributed by atoms with Gasteiger partial charge in [-0.05, 0) is 43.7 Å². The minimum atomic E-state index is -4.28. The van der Waals surface area contributed by atoms with Crippen LogP contribution in [0.3, 0.4) is 0 Å². The minimum absolute atomic E-state index is 0.181. The van der Waals surface area contributed by atoms with Crippen LogP contribution in [0.4, 0.5) is 13.2 Å². The van der Waals surface area contributed by atoms with Gasteiger partial charge in [-0.15, -0.1) is 0 Å². The number of nitrogens with zero attached hydrogens (tertiary/aromatic N) is 2. The molecule has 1 unspecified atom stereocenters. The Bertz CT molecular complexity index is 613. The second kappa shape index (κ2) is 6.79. The summed E-state index contributed by atoms with van der Waals surface area (Å²) in [6, 6.07) is 0.450. The molecular weight excluding hydrogens is 315 g/mol. The molecule has 0 aromatic carbocycles. The van der Waals surface area contributed by atoms with Crippen LogP contribution in [0, 0.1) is 0 Å². The quantitative estimate of drug-likeness (QED) is 0.740. The Labute approximate surface area is 141 Å². The molecule has 3 nitrogen and oxygen atoms in total. The SMILES string of the molecule is C=CN1C(C)=C(/C(C)=C\C(=C)C(=C)NCC(F)(F)F)N2CCC1C2. The van der Waals surface area contributed by atoms with Crippen LogP contribution >= 0.6 is 0 Å². The lowest BCUT2D eigenvalue weighted by atomic mass is 10.0. The normalized spacial score (nSPS) is 21.2. The smallest absolute Gasteiger partial charge is 0.376 e. The molecule has 1 atom stereocenters. The van der Waals surface area contributed by atoms with Gasteiger partial charge in [0.05, 0.1) is 11.7 Å². The molecule has 0 spiro atoms. The summed E-state index contributed by atoms with van der Waals surface area (Å²) in [6.07, 6.45) is 0.416. The fourth-order valence-corrected chi connectivity index (χ4v) is 3.35. The van der Waals surface area contributed by atoms with E-state index in [4.69, 9.17) is 0 Å². The van der Waals surface area contributed by atoms with Crippen molar-refractivity contribution < 1.29 is 13.2 Å². The Morgan fingerprint density at radius 1 is 1.38 bits per heavy atom. The number of allylic oxidation sites excluding steroid dienone is 3. The molecule has 1 fully saturated rings. The van der Waals surface area contributed by atoms with E-state index < -0.39 is 12.7 Å². The summed E-state index contributed by atoms with van der Waals surface area (Å²) in [5.41, 5.74) is 3.78. The molecule has 0 amide bonds. The van der Waals surface area contributed by atoms with Gasteiger partial charge in [-0.2, -0.15) is 13.2 Å². The van der Waals surface area contributed by atoms with Gasteiger partial charge in [0.15, 0.2) is 0 Å². The maximum absolute atomic E-state index is 12.3. The molecule has 2 aliphatic rings. The van der Waals surface area contributed by atoms with Gasteiger partial charge in [-0.25, -0.2) is 0 Å². The highest BCUT2D eigenvalue weighted by atomic mass is 19.4. The van der Waals surface area contributed by atoms with Gasteiger partial charge >= 0.3 is 6.18 Å². The third-order valence-electron chi connectivity index (χ3n) is 4.45. The number of alkyl halides is 3. The molecule has 1 saturated heterocycles. The maximum Gasteiger partial charge on any atom is 0.405 e. The van der Waals surface area contributed by atoms with Crippen molar-refractivity contribution in [3.05, 3.63) is 60.3 Å². The minimum Gasteiger partial charge on any atom is -0.376 e. The standard InChI is InChI=1S/C18H24F3N3/c1-6-24-15(5)17(23-8-7-16(24)10-23)13(3)9-12(2)14(4)22-11-18(19,20)21/h6,9,16,22H,1-2,4,7-8,10-11H2,3,5H3/b13-9-. The summed E-state index contributed by atoms with van der Waals surface area (Å²) in [4.78, 5) is 4.49. The van der Waals surface area contributed by atoms with Crippen LogP contribution < -0.4 is 5.32 Å². The largest absolute Gasteiger partial charge is 0.405 e. The van der Waals surface area contributed by atoms with Crippen molar-refractivity contribution >= 4 is 0 Å². The van der Waals surface area contributed by atoms with E-state index in [1.165, 1.54) is 0 Å². The van der Waals surface area contributed by atoms with Crippen LogP contribution in [0.15, 0.2) is 60.3 Å². The van der Waals surface area contributed by atoms with Crippen molar-refractivity contribution in [3.63, 3.8) is 0 Å². The van der Waals surface area contributed by atoms with E-state index in [9.17, 15) is 13.2 Å². The predicted octanol–water partition coefficient (Wildman–Crippen LogP) is 3.92. The number of hydrogen-bond acceptors (Lipinski definition) is 3. The van der Waals surface area contributed by atoms with Gasteiger partial charge < -0.3 is 15.1 Å². The van der Waals surface area contributed by atoms with E-state index in [-0.39, 0.29) is 5.70 Å². The van der Waals surface area contributed by atoms with E-state index in [0.717, 1.165) is 36.5 Å². The van der Waals surface area contributed by atoms with Crippen LogP contribution in [0.25, 0.3) is 0 Å². The molecule has 2 rings (SSSR count). The highest BCUT2D eigenvalue weighted by Gasteiger charge is 2.35. The van der Waals surface area contributed by atoms with Crippen LogP contribution in [0.1, 0.15) is 20.3 Å². The molecule has 132 valence electrons. The molecule has 0 aromatic rings. The predicted molar refractivity (Wildman–Crippen MR) is 90.8 cm³/mol. The molecule has 2 heterocycles. The van der Waals surface area contributed by atoms with Gasteiger partial charge in [-0.1, -0.05) is 19.7 Å². The summed E-state index contributed by atoms with van der Waals surface area (Å²) in [5.74, 6) is 0. The second-order valence-electron chi connectivity index (χ2n) is 6.21. The molecule has 6 heteroatoms. The van der Waals surface area contributed by atoms with Crippen molar-refractivity contribution in [1.82, 2.24) is 15.1 Å². The Morgan fingerprint density at radius 3 is 2.62 bits per heavy atom. The van der Waals surface area contributed by atoms with Gasteiger partial charge in [0.1, 0.15) is 6.54 Å².